The molecule has 1 saturated heterocycles. The molecule has 1 N–H and O–H groups in total. The maximum atomic E-state index is 11.8. The molecule has 102 valence electrons. The maximum absolute atomic E-state index is 11.8. The Morgan fingerprint density at radius 3 is 2.79 bits per heavy atom. The normalized spacial score (nSPS) is 16.4. The quantitative estimate of drug-likeness (QED) is 0.852. The van der Waals surface area contributed by atoms with Gasteiger partial charge in [-0.2, -0.15) is 0 Å². The second kappa shape index (κ2) is 5.26. The smallest absolute Gasteiger partial charge is 0.335 e. The molecule has 1 fully saturated rings. The van der Waals surface area contributed by atoms with Crippen LogP contribution in [0.15, 0.2) is 12.1 Å². The first kappa shape index (κ1) is 13.3. The van der Waals surface area contributed by atoms with Gasteiger partial charge in [0.1, 0.15) is 5.82 Å². The van der Waals surface area contributed by atoms with E-state index in [1.807, 2.05) is 4.90 Å². The van der Waals surface area contributed by atoms with Crippen molar-refractivity contribution in [3.05, 3.63) is 23.4 Å². The third kappa shape index (κ3) is 3.01. The molecular formula is C13H17N3O3. The Hall–Kier alpha value is -2.11. The van der Waals surface area contributed by atoms with Crippen LogP contribution in [0.25, 0.3) is 0 Å². The van der Waals surface area contributed by atoms with Gasteiger partial charge in [-0.3, -0.25) is 4.79 Å². The fourth-order valence-electron chi connectivity index (χ4n) is 2.12. The minimum absolute atomic E-state index is 0.0256. The van der Waals surface area contributed by atoms with E-state index in [9.17, 15) is 9.59 Å². The summed E-state index contributed by atoms with van der Waals surface area (Å²) in [6, 6.07) is 3.05. The van der Waals surface area contributed by atoms with Crippen LogP contribution in [0.4, 0.5) is 5.82 Å². The van der Waals surface area contributed by atoms with Crippen molar-refractivity contribution < 1.29 is 14.7 Å². The largest absolute Gasteiger partial charge is 0.478 e. The molecule has 0 radical (unpaired) electrons. The average Bonchev–Trinajstić information content (AvgIpc) is 2.51. The summed E-state index contributed by atoms with van der Waals surface area (Å²) in [5.41, 5.74) is 0.840. The Kier molecular flexibility index (Phi) is 3.69. The number of anilines is 1. The number of carbonyl (C=O) groups is 2. The maximum Gasteiger partial charge on any atom is 0.335 e. The second-order valence-electron chi connectivity index (χ2n) is 4.75. The minimum atomic E-state index is -0.981. The van der Waals surface area contributed by atoms with Gasteiger partial charge in [-0.25, -0.2) is 9.78 Å². The molecule has 0 aromatic carbocycles. The van der Waals surface area contributed by atoms with Crippen LogP contribution in [-0.2, 0) is 4.79 Å². The molecule has 0 bridgehead atoms. The number of aromatic carboxylic acids is 1. The van der Waals surface area contributed by atoms with Crippen LogP contribution in [0.2, 0.25) is 0 Å². The van der Waals surface area contributed by atoms with Gasteiger partial charge in [0.25, 0.3) is 0 Å². The van der Waals surface area contributed by atoms with Crippen molar-refractivity contribution in [1.82, 2.24) is 9.88 Å². The topological polar surface area (TPSA) is 73.7 Å². The number of pyridine rings is 1. The Balaban J connectivity index is 2.30. The van der Waals surface area contributed by atoms with Crippen molar-refractivity contribution in [1.29, 1.82) is 0 Å². The molecule has 0 aliphatic carbocycles. The van der Waals surface area contributed by atoms with E-state index in [-0.39, 0.29) is 18.0 Å². The average molecular weight is 263 g/mol. The summed E-state index contributed by atoms with van der Waals surface area (Å²) in [6.07, 6.45) is 0.847. The summed E-state index contributed by atoms with van der Waals surface area (Å²) >= 11 is 0. The van der Waals surface area contributed by atoms with Crippen molar-refractivity contribution in [2.24, 2.45) is 0 Å². The highest BCUT2D eigenvalue weighted by Gasteiger charge is 2.21. The SMILES string of the molecule is Cc1cc(C(=O)O)cc(N2CCCN(C)C(=O)C2)n1. The van der Waals surface area contributed by atoms with E-state index in [1.54, 1.807) is 18.9 Å². The molecule has 2 heterocycles. The lowest BCUT2D eigenvalue weighted by Gasteiger charge is -2.21. The number of carboxylic acid groups (broad SMARTS) is 1. The summed E-state index contributed by atoms with van der Waals surface area (Å²) < 4.78 is 0. The van der Waals surface area contributed by atoms with Gasteiger partial charge < -0.3 is 14.9 Å². The van der Waals surface area contributed by atoms with E-state index in [1.165, 1.54) is 12.1 Å². The van der Waals surface area contributed by atoms with Crippen molar-refractivity contribution in [3.63, 3.8) is 0 Å². The first-order valence-corrected chi connectivity index (χ1v) is 6.18. The molecule has 19 heavy (non-hydrogen) atoms. The van der Waals surface area contributed by atoms with Gasteiger partial charge in [0, 0.05) is 25.8 Å². The fraction of sp³-hybridized carbons (Fsp3) is 0.462. The molecule has 1 aromatic heterocycles. The molecule has 0 atom stereocenters. The van der Waals surface area contributed by atoms with E-state index < -0.39 is 5.97 Å². The zero-order valence-corrected chi connectivity index (χ0v) is 11.1. The summed E-state index contributed by atoms with van der Waals surface area (Å²) in [4.78, 5) is 30.8. The van der Waals surface area contributed by atoms with Gasteiger partial charge >= 0.3 is 5.97 Å². The molecule has 1 aromatic rings. The summed E-state index contributed by atoms with van der Waals surface area (Å²) in [5, 5.41) is 9.06. The van der Waals surface area contributed by atoms with E-state index in [4.69, 9.17) is 5.11 Å². The molecule has 1 aliphatic rings. The van der Waals surface area contributed by atoms with E-state index in [2.05, 4.69) is 4.98 Å². The van der Waals surface area contributed by atoms with E-state index >= 15 is 0 Å². The number of rotatable bonds is 2. The van der Waals surface area contributed by atoms with Gasteiger partial charge in [0.05, 0.1) is 12.1 Å². The standard InChI is InChI=1S/C13H17N3O3/c1-9-6-10(13(18)19)7-11(14-9)16-5-3-4-15(2)12(17)8-16/h6-7H,3-5,8H2,1-2H3,(H,18,19). The predicted octanol–water partition coefficient (Wildman–Crippen LogP) is 0.757. The molecule has 0 spiro atoms. The molecule has 0 saturated carbocycles. The van der Waals surface area contributed by atoms with Crippen LogP contribution >= 0.6 is 0 Å². The number of aryl methyl sites for hydroxylation is 1. The van der Waals surface area contributed by atoms with Gasteiger partial charge in [-0.1, -0.05) is 0 Å². The van der Waals surface area contributed by atoms with Gasteiger partial charge in [-0.15, -0.1) is 0 Å². The molecular weight excluding hydrogens is 246 g/mol. The Bertz CT molecular complexity index is 516. The van der Waals surface area contributed by atoms with E-state index in [0.29, 0.717) is 24.6 Å². The summed E-state index contributed by atoms with van der Waals surface area (Å²) in [6.45, 7) is 3.41. The van der Waals surface area contributed by atoms with Crippen LogP contribution in [0.3, 0.4) is 0 Å². The number of amides is 1. The third-order valence-corrected chi connectivity index (χ3v) is 3.18. The van der Waals surface area contributed by atoms with Gasteiger partial charge in [0.15, 0.2) is 0 Å². The summed E-state index contributed by atoms with van der Waals surface area (Å²) in [5.74, 6) is -0.399. The summed E-state index contributed by atoms with van der Waals surface area (Å²) in [7, 11) is 1.78. The van der Waals surface area contributed by atoms with Crippen molar-refractivity contribution in [2.45, 2.75) is 13.3 Å². The number of hydrogen-bond donors (Lipinski definition) is 1. The van der Waals surface area contributed by atoms with Gasteiger partial charge in [-0.05, 0) is 25.5 Å². The lowest BCUT2D eigenvalue weighted by molar-refractivity contribution is -0.127. The number of nitrogens with zero attached hydrogens (tertiary/aromatic N) is 3. The number of likely N-dealkylation sites (N-methyl/N-ethyl adjacent to an activating group) is 1. The number of carboxylic acids is 1. The monoisotopic (exact) mass is 263 g/mol. The van der Waals surface area contributed by atoms with Crippen molar-refractivity contribution in [2.75, 3.05) is 31.6 Å². The predicted molar refractivity (Wildman–Crippen MR) is 70.4 cm³/mol. The Morgan fingerprint density at radius 2 is 2.11 bits per heavy atom. The first-order chi connectivity index (χ1) is 8.97. The zero-order chi connectivity index (χ0) is 14.0. The third-order valence-electron chi connectivity index (χ3n) is 3.18. The molecule has 1 amide bonds. The number of carbonyl (C=O) groups excluding carboxylic acids is 1. The second-order valence-corrected chi connectivity index (χ2v) is 4.75. The van der Waals surface area contributed by atoms with Crippen molar-refractivity contribution in [3.8, 4) is 0 Å². The van der Waals surface area contributed by atoms with Gasteiger partial charge in [0.2, 0.25) is 5.91 Å². The van der Waals surface area contributed by atoms with Crippen molar-refractivity contribution >= 4 is 17.7 Å². The van der Waals surface area contributed by atoms with E-state index in [0.717, 1.165) is 6.42 Å². The highest BCUT2D eigenvalue weighted by atomic mass is 16.4. The molecule has 0 unspecified atom stereocenters. The molecule has 6 heteroatoms. The zero-order valence-electron chi connectivity index (χ0n) is 11.1. The molecule has 1 aliphatic heterocycles. The number of aromatic nitrogens is 1. The fourth-order valence-corrected chi connectivity index (χ4v) is 2.12. The van der Waals surface area contributed by atoms with Crippen LogP contribution in [0, 0.1) is 6.92 Å². The van der Waals surface area contributed by atoms with Crippen LogP contribution in [0.5, 0.6) is 0 Å². The molecule has 2 rings (SSSR count). The lowest BCUT2D eigenvalue weighted by atomic mass is 10.2. The Morgan fingerprint density at radius 1 is 1.37 bits per heavy atom. The van der Waals surface area contributed by atoms with Crippen LogP contribution in [-0.4, -0.2) is 53.5 Å². The lowest BCUT2D eigenvalue weighted by Crippen LogP contribution is -2.34. The minimum Gasteiger partial charge on any atom is -0.478 e. The van der Waals surface area contributed by atoms with Crippen LogP contribution in [0.1, 0.15) is 22.5 Å². The highest BCUT2D eigenvalue weighted by Crippen LogP contribution is 2.17. The highest BCUT2D eigenvalue weighted by molar-refractivity contribution is 5.89. The number of hydrogen-bond acceptors (Lipinski definition) is 4. The first-order valence-electron chi connectivity index (χ1n) is 6.18. The van der Waals surface area contributed by atoms with Crippen LogP contribution < -0.4 is 4.90 Å². The Labute approximate surface area is 111 Å². The molecule has 6 nitrogen and oxygen atoms in total.